The van der Waals surface area contributed by atoms with E-state index in [0.29, 0.717) is 6.79 Å². The maximum absolute atomic E-state index is 10.1. The second-order valence-corrected chi connectivity index (χ2v) is 4.43. The van der Waals surface area contributed by atoms with Crippen molar-refractivity contribution < 1.29 is 14.3 Å². The van der Waals surface area contributed by atoms with E-state index in [2.05, 4.69) is 13.0 Å². The molecule has 3 heteroatoms. The van der Waals surface area contributed by atoms with Crippen molar-refractivity contribution in [1.82, 2.24) is 0 Å². The lowest BCUT2D eigenvalue weighted by atomic mass is 10.1. The Balaban J connectivity index is 3.01. The number of ether oxygens (including phenoxy) is 2. The summed E-state index contributed by atoms with van der Waals surface area (Å²) in [6.07, 6.45) is 14.9. The van der Waals surface area contributed by atoms with Crippen molar-refractivity contribution in [1.29, 1.82) is 0 Å². The number of hydrogen-bond donors (Lipinski definition) is 0. The van der Waals surface area contributed by atoms with Crippen LogP contribution in [0.2, 0.25) is 0 Å². The Labute approximate surface area is 112 Å². The summed E-state index contributed by atoms with van der Waals surface area (Å²) in [6.45, 7) is 3.20. The van der Waals surface area contributed by atoms with Crippen LogP contribution < -0.4 is 0 Å². The van der Waals surface area contributed by atoms with Crippen LogP contribution in [0.3, 0.4) is 0 Å². The van der Waals surface area contributed by atoms with Crippen molar-refractivity contribution in [2.75, 3.05) is 13.4 Å². The molecule has 0 spiro atoms. The van der Waals surface area contributed by atoms with Crippen LogP contribution in [-0.2, 0) is 14.3 Å². The topological polar surface area (TPSA) is 35.5 Å². The van der Waals surface area contributed by atoms with Crippen molar-refractivity contribution in [3.8, 4) is 0 Å². The van der Waals surface area contributed by atoms with E-state index in [0.717, 1.165) is 38.6 Å². The van der Waals surface area contributed by atoms with Crippen LogP contribution >= 0.6 is 0 Å². The van der Waals surface area contributed by atoms with Gasteiger partial charge in [0, 0.05) is 6.42 Å². The third-order valence-electron chi connectivity index (χ3n) is 2.64. The number of rotatable bonds is 14. The lowest BCUT2D eigenvalue weighted by molar-refractivity contribution is -0.107. The molecule has 0 rings (SSSR count). The Morgan fingerprint density at radius 3 is 2.28 bits per heavy atom. The summed E-state index contributed by atoms with van der Waals surface area (Å²) in [7, 11) is 0. The van der Waals surface area contributed by atoms with E-state index in [-0.39, 0.29) is 0 Å². The summed E-state index contributed by atoms with van der Waals surface area (Å²) in [5.41, 5.74) is 0. The highest BCUT2D eigenvalue weighted by atomic mass is 16.7. The van der Waals surface area contributed by atoms with Gasteiger partial charge in [-0.15, -0.1) is 0 Å². The van der Waals surface area contributed by atoms with Crippen LogP contribution in [-0.4, -0.2) is 19.7 Å². The van der Waals surface area contributed by atoms with E-state index in [9.17, 15) is 4.79 Å². The first-order chi connectivity index (χ1) is 8.91. The molecule has 18 heavy (non-hydrogen) atoms. The molecule has 0 fully saturated rings. The van der Waals surface area contributed by atoms with Crippen molar-refractivity contribution in [2.45, 2.75) is 64.7 Å². The van der Waals surface area contributed by atoms with E-state index < -0.39 is 0 Å². The zero-order chi connectivity index (χ0) is 13.3. The minimum Gasteiger partial charge on any atom is -0.475 e. The summed E-state index contributed by atoms with van der Waals surface area (Å²) >= 11 is 0. The predicted octanol–water partition coefficient (Wildman–Crippen LogP) is 4.22. The lowest BCUT2D eigenvalue weighted by Gasteiger charge is -2.01. The number of hydrogen-bond acceptors (Lipinski definition) is 3. The predicted molar refractivity (Wildman–Crippen MR) is 74.3 cm³/mol. The fourth-order valence-electron chi connectivity index (χ4n) is 1.62. The zero-order valence-electron chi connectivity index (χ0n) is 11.7. The number of allylic oxidation sites excluding steroid dienone is 1. The molecular formula is C15H28O3. The molecule has 0 bridgehead atoms. The molecule has 0 aromatic heterocycles. The van der Waals surface area contributed by atoms with Crippen LogP contribution in [0.5, 0.6) is 0 Å². The average Bonchev–Trinajstić information content (AvgIpc) is 2.39. The molecule has 0 amide bonds. The van der Waals surface area contributed by atoms with Gasteiger partial charge in [-0.1, -0.05) is 32.6 Å². The number of carbonyl (C=O) groups excluding carboxylic acids is 1. The van der Waals surface area contributed by atoms with Gasteiger partial charge in [0.1, 0.15) is 6.29 Å². The second kappa shape index (κ2) is 16.2. The summed E-state index contributed by atoms with van der Waals surface area (Å²) in [6, 6.07) is 0. The number of carbonyl (C=O) groups is 1. The van der Waals surface area contributed by atoms with E-state index >= 15 is 0 Å². The molecule has 0 heterocycles. The minimum absolute atomic E-state index is 0.362. The summed E-state index contributed by atoms with van der Waals surface area (Å²) in [5.74, 6) is 0. The summed E-state index contributed by atoms with van der Waals surface area (Å²) < 4.78 is 10.3. The molecule has 0 N–H and O–H groups in total. The molecule has 0 radical (unpaired) electrons. The monoisotopic (exact) mass is 256 g/mol. The number of aldehydes is 1. The molecule has 106 valence electrons. The Morgan fingerprint density at radius 1 is 0.944 bits per heavy atom. The fourth-order valence-corrected chi connectivity index (χ4v) is 1.62. The molecule has 0 saturated carbocycles. The molecule has 0 aromatic carbocycles. The second-order valence-electron chi connectivity index (χ2n) is 4.43. The third-order valence-corrected chi connectivity index (χ3v) is 2.64. The highest BCUT2D eigenvalue weighted by Gasteiger charge is 1.90. The standard InChI is InChI=1S/C15H28O3/c1-2-13-17-15-18-14-11-9-7-5-3-4-6-8-10-12-16/h11-12,14H,2-10,13,15H2,1H3. The Morgan fingerprint density at radius 2 is 1.61 bits per heavy atom. The molecule has 0 aliphatic carbocycles. The maximum atomic E-state index is 10.1. The molecule has 0 unspecified atom stereocenters. The maximum Gasteiger partial charge on any atom is 0.188 e. The largest absolute Gasteiger partial charge is 0.475 e. The highest BCUT2D eigenvalue weighted by Crippen LogP contribution is 2.08. The van der Waals surface area contributed by atoms with Crippen molar-refractivity contribution in [2.24, 2.45) is 0 Å². The third kappa shape index (κ3) is 15.2. The van der Waals surface area contributed by atoms with E-state index in [1.165, 1.54) is 32.1 Å². The van der Waals surface area contributed by atoms with Gasteiger partial charge in [0.05, 0.1) is 12.9 Å². The van der Waals surface area contributed by atoms with Gasteiger partial charge in [-0.25, -0.2) is 0 Å². The van der Waals surface area contributed by atoms with Crippen LogP contribution in [0.25, 0.3) is 0 Å². The van der Waals surface area contributed by atoms with Gasteiger partial charge < -0.3 is 14.3 Å². The first-order valence-electron chi connectivity index (χ1n) is 7.19. The van der Waals surface area contributed by atoms with E-state index in [1.807, 2.05) is 0 Å². The molecule has 3 nitrogen and oxygen atoms in total. The van der Waals surface area contributed by atoms with Crippen LogP contribution in [0.4, 0.5) is 0 Å². The van der Waals surface area contributed by atoms with Gasteiger partial charge in [-0.3, -0.25) is 0 Å². The Kier molecular flexibility index (Phi) is 15.4. The molecular weight excluding hydrogens is 228 g/mol. The van der Waals surface area contributed by atoms with E-state index in [4.69, 9.17) is 9.47 Å². The minimum atomic E-state index is 0.362. The fraction of sp³-hybridized carbons (Fsp3) is 0.800. The first kappa shape index (κ1) is 17.2. The number of unbranched alkanes of at least 4 members (excludes halogenated alkanes) is 7. The average molecular weight is 256 g/mol. The Bertz CT molecular complexity index is 190. The SMILES string of the molecule is CCCOCOC=CCCCCCCCCC=O. The van der Waals surface area contributed by atoms with E-state index in [1.54, 1.807) is 6.26 Å². The van der Waals surface area contributed by atoms with Crippen LogP contribution in [0.15, 0.2) is 12.3 Å². The van der Waals surface area contributed by atoms with Gasteiger partial charge in [0.15, 0.2) is 6.79 Å². The van der Waals surface area contributed by atoms with Gasteiger partial charge in [-0.2, -0.15) is 0 Å². The molecule has 0 aliphatic rings. The summed E-state index contributed by atoms with van der Waals surface area (Å²) in [5, 5.41) is 0. The van der Waals surface area contributed by atoms with Crippen LogP contribution in [0, 0.1) is 0 Å². The first-order valence-corrected chi connectivity index (χ1v) is 7.19. The van der Waals surface area contributed by atoms with Gasteiger partial charge in [-0.05, 0) is 31.8 Å². The highest BCUT2D eigenvalue weighted by molar-refractivity contribution is 5.48. The lowest BCUT2D eigenvalue weighted by Crippen LogP contribution is -1.96. The van der Waals surface area contributed by atoms with Crippen molar-refractivity contribution in [3.63, 3.8) is 0 Å². The quantitative estimate of drug-likeness (QED) is 0.202. The Hall–Kier alpha value is -0.830. The van der Waals surface area contributed by atoms with Crippen LogP contribution in [0.1, 0.15) is 64.7 Å². The van der Waals surface area contributed by atoms with Gasteiger partial charge in [0.2, 0.25) is 0 Å². The molecule has 0 atom stereocenters. The zero-order valence-corrected chi connectivity index (χ0v) is 11.7. The normalized spacial score (nSPS) is 10.9. The van der Waals surface area contributed by atoms with Gasteiger partial charge >= 0.3 is 0 Å². The molecule has 0 aliphatic heterocycles. The van der Waals surface area contributed by atoms with Gasteiger partial charge in [0.25, 0.3) is 0 Å². The van der Waals surface area contributed by atoms with Crippen molar-refractivity contribution in [3.05, 3.63) is 12.3 Å². The smallest absolute Gasteiger partial charge is 0.188 e. The molecule has 0 saturated heterocycles. The van der Waals surface area contributed by atoms with Crippen molar-refractivity contribution >= 4 is 6.29 Å². The molecule has 0 aromatic rings. The summed E-state index contributed by atoms with van der Waals surface area (Å²) in [4.78, 5) is 10.1.